The van der Waals surface area contributed by atoms with Gasteiger partial charge in [0.05, 0.1) is 5.69 Å². The Morgan fingerprint density at radius 3 is 1.79 bits per heavy atom. The third kappa shape index (κ3) is 5.31. The smallest absolute Gasteiger partial charge is 0.0543 e. The van der Waals surface area contributed by atoms with Gasteiger partial charge in [0.1, 0.15) is 0 Å². The Labute approximate surface area is 313 Å². The van der Waals surface area contributed by atoms with Gasteiger partial charge in [-0.2, -0.15) is 0 Å². The van der Waals surface area contributed by atoms with Crippen LogP contribution in [0.2, 0.25) is 0 Å². The largest absolute Gasteiger partial charge is 0.310 e. The van der Waals surface area contributed by atoms with Crippen LogP contribution in [-0.2, 0) is 5.41 Å². The van der Waals surface area contributed by atoms with Crippen molar-refractivity contribution in [3.05, 3.63) is 211 Å². The maximum absolute atomic E-state index is 3.99. The summed E-state index contributed by atoms with van der Waals surface area (Å²) in [5, 5.41) is 0. The summed E-state index contributed by atoms with van der Waals surface area (Å²) in [5.41, 5.74) is 20.8. The standard InChI is InChI=1S/C52H41N/c1-5-6-19-40-35(2)41-20-10-11-22-43(41)45-33-32-39(34-47(45)44-23-13-12-21-42(40)44)53(38-30-28-37(29-31-38)36-17-8-7-9-18-36)50-27-16-26-49-51(50)46-24-14-15-25-48(46)52(49,3)4/h5-34H,1H2,2-4H3/b19-6-,40-35-,41-35?,42-40?,45-43?,47-44?. The van der Waals surface area contributed by atoms with E-state index < -0.39 is 0 Å². The molecule has 0 aliphatic heterocycles. The van der Waals surface area contributed by atoms with Crippen molar-refractivity contribution < 1.29 is 0 Å². The van der Waals surface area contributed by atoms with E-state index in [0.717, 1.165) is 11.4 Å². The minimum absolute atomic E-state index is 0.112. The van der Waals surface area contributed by atoms with Gasteiger partial charge in [-0.3, -0.25) is 0 Å². The van der Waals surface area contributed by atoms with Crippen molar-refractivity contribution in [3.8, 4) is 44.5 Å². The number of hydrogen-bond acceptors (Lipinski definition) is 1. The zero-order valence-electron chi connectivity index (χ0n) is 30.5. The number of nitrogens with zero attached hydrogens (tertiary/aromatic N) is 1. The van der Waals surface area contributed by atoms with Gasteiger partial charge in [0.2, 0.25) is 0 Å². The monoisotopic (exact) mass is 679 g/mol. The molecule has 7 aromatic carbocycles. The number of hydrogen-bond donors (Lipinski definition) is 0. The molecule has 0 aromatic heterocycles. The summed E-state index contributed by atoms with van der Waals surface area (Å²) in [4.78, 5) is 2.47. The van der Waals surface area contributed by atoms with E-state index >= 15 is 0 Å². The van der Waals surface area contributed by atoms with Gasteiger partial charge in [-0.25, -0.2) is 0 Å². The molecule has 0 amide bonds. The molecule has 53 heavy (non-hydrogen) atoms. The highest BCUT2D eigenvalue weighted by molar-refractivity contribution is 6.07. The van der Waals surface area contributed by atoms with E-state index in [1.165, 1.54) is 83.6 Å². The van der Waals surface area contributed by atoms with Gasteiger partial charge >= 0.3 is 0 Å². The molecule has 7 aromatic rings. The topological polar surface area (TPSA) is 3.24 Å². The van der Waals surface area contributed by atoms with E-state index in [0.29, 0.717) is 0 Å². The first-order valence-corrected chi connectivity index (χ1v) is 18.5. The van der Waals surface area contributed by atoms with Crippen LogP contribution in [0.4, 0.5) is 17.1 Å². The van der Waals surface area contributed by atoms with Gasteiger partial charge in [0.15, 0.2) is 0 Å². The van der Waals surface area contributed by atoms with Crippen LogP contribution in [0.1, 0.15) is 43.0 Å². The molecule has 0 saturated heterocycles. The molecular formula is C52H41N. The van der Waals surface area contributed by atoms with Gasteiger partial charge in [-0.1, -0.05) is 172 Å². The predicted molar refractivity (Wildman–Crippen MR) is 227 cm³/mol. The van der Waals surface area contributed by atoms with Crippen molar-refractivity contribution in [2.75, 3.05) is 4.90 Å². The molecule has 0 bridgehead atoms. The van der Waals surface area contributed by atoms with Gasteiger partial charge in [-0.05, 0) is 110 Å². The van der Waals surface area contributed by atoms with E-state index in [1.54, 1.807) is 0 Å². The quantitative estimate of drug-likeness (QED) is 0.158. The second kappa shape index (κ2) is 13.0. The summed E-state index contributed by atoms with van der Waals surface area (Å²) >= 11 is 0. The summed E-state index contributed by atoms with van der Waals surface area (Å²) < 4.78 is 0. The van der Waals surface area contributed by atoms with Crippen LogP contribution in [0.25, 0.3) is 55.7 Å². The zero-order valence-corrected chi connectivity index (χ0v) is 30.5. The Hall–Kier alpha value is -6.44. The average Bonchev–Trinajstić information content (AvgIpc) is 3.45. The first-order chi connectivity index (χ1) is 26.0. The van der Waals surface area contributed by atoms with Crippen molar-refractivity contribution in [1.29, 1.82) is 0 Å². The van der Waals surface area contributed by atoms with E-state index in [1.807, 2.05) is 12.2 Å². The van der Waals surface area contributed by atoms with E-state index in [2.05, 4.69) is 202 Å². The number of anilines is 3. The van der Waals surface area contributed by atoms with Gasteiger partial charge in [0.25, 0.3) is 0 Å². The molecule has 0 saturated carbocycles. The summed E-state index contributed by atoms with van der Waals surface area (Å²) in [6.07, 6.45) is 6.12. The molecule has 1 heteroatoms. The molecule has 2 aliphatic carbocycles. The Kier molecular flexibility index (Phi) is 7.94. The Bertz CT molecular complexity index is 2600. The van der Waals surface area contributed by atoms with Crippen molar-refractivity contribution in [2.45, 2.75) is 26.2 Å². The van der Waals surface area contributed by atoms with Gasteiger partial charge in [-0.15, -0.1) is 0 Å². The summed E-state index contributed by atoms with van der Waals surface area (Å²) in [7, 11) is 0. The second-order valence-electron chi connectivity index (χ2n) is 14.6. The lowest BCUT2D eigenvalue weighted by molar-refractivity contribution is 0.660. The number of fused-ring (bicyclic) bond motifs is 8. The van der Waals surface area contributed by atoms with Crippen LogP contribution < -0.4 is 4.90 Å². The lowest BCUT2D eigenvalue weighted by Gasteiger charge is -2.30. The van der Waals surface area contributed by atoms with Crippen LogP contribution >= 0.6 is 0 Å². The molecule has 9 rings (SSSR count). The maximum Gasteiger partial charge on any atom is 0.0543 e. The molecule has 0 atom stereocenters. The molecule has 0 heterocycles. The lowest BCUT2D eigenvalue weighted by Crippen LogP contribution is -2.16. The SMILES string of the molecule is C=C/C=C\C1=C(/C)c2ccccc2-c2ccc(N(c3ccc(-c4ccccc4)cc3)c3cccc4c3-c3ccccc3C4(C)C)cc2-c2ccccc21. The van der Waals surface area contributed by atoms with Crippen LogP contribution in [0.3, 0.4) is 0 Å². The summed E-state index contributed by atoms with van der Waals surface area (Å²) in [6, 6.07) is 60.2. The summed E-state index contributed by atoms with van der Waals surface area (Å²) in [5.74, 6) is 0. The highest BCUT2D eigenvalue weighted by atomic mass is 15.1. The number of rotatable bonds is 6. The van der Waals surface area contributed by atoms with E-state index in [4.69, 9.17) is 0 Å². The fraction of sp³-hybridized carbons (Fsp3) is 0.0769. The van der Waals surface area contributed by atoms with Gasteiger partial charge in [0, 0.05) is 22.4 Å². The number of benzene rings is 7. The Balaban J connectivity index is 1.32. The zero-order chi connectivity index (χ0) is 36.1. The highest BCUT2D eigenvalue weighted by Gasteiger charge is 2.37. The fourth-order valence-electron chi connectivity index (χ4n) is 8.64. The van der Waals surface area contributed by atoms with Crippen molar-refractivity contribution in [1.82, 2.24) is 0 Å². The minimum atomic E-state index is -0.112. The molecular weight excluding hydrogens is 639 g/mol. The molecule has 0 fully saturated rings. The molecule has 254 valence electrons. The van der Waals surface area contributed by atoms with Crippen molar-refractivity contribution in [2.24, 2.45) is 0 Å². The van der Waals surface area contributed by atoms with Crippen LogP contribution in [-0.4, -0.2) is 0 Å². The Morgan fingerprint density at radius 1 is 0.491 bits per heavy atom. The molecule has 2 aliphatic rings. The molecule has 0 unspecified atom stereocenters. The number of allylic oxidation sites excluding steroid dienone is 5. The summed E-state index contributed by atoms with van der Waals surface area (Å²) in [6.45, 7) is 10.9. The maximum atomic E-state index is 3.99. The van der Waals surface area contributed by atoms with Gasteiger partial charge < -0.3 is 4.90 Å². The van der Waals surface area contributed by atoms with Crippen molar-refractivity contribution in [3.63, 3.8) is 0 Å². The van der Waals surface area contributed by atoms with E-state index in [9.17, 15) is 0 Å². The molecule has 1 nitrogen and oxygen atoms in total. The van der Waals surface area contributed by atoms with Crippen LogP contribution in [0.15, 0.2) is 189 Å². The molecule has 0 N–H and O–H groups in total. The van der Waals surface area contributed by atoms with E-state index in [-0.39, 0.29) is 5.41 Å². The third-order valence-electron chi connectivity index (χ3n) is 11.3. The van der Waals surface area contributed by atoms with Crippen molar-refractivity contribution >= 4 is 28.2 Å². The average molecular weight is 680 g/mol. The predicted octanol–water partition coefficient (Wildman–Crippen LogP) is 14.4. The molecule has 0 spiro atoms. The second-order valence-corrected chi connectivity index (χ2v) is 14.6. The first kappa shape index (κ1) is 32.5. The normalized spacial score (nSPS) is 15.0. The first-order valence-electron chi connectivity index (χ1n) is 18.5. The Morgan fingerprint density at radius 2 is 1.06 bits per heavy atom. The van der Waals surface area contributed by atoms with Crippen LogP contribution in [0, 0.1) is 0 Å². The highest BCUT2D eigenvalue weighted by Crippen LogP contribution is 2.55. The third-order valence-corrected chi connectivity index (χ3v) is 11.3. The lowest BCUT2D eigenvalue weighted by atomic mass is 9.81. The minimum Gasteiger partial charge on any atom is -0.310 e. The van der Waals surface area contributed by atoms with Crippen LogP contribution in [0.5, 0.6) is 0 Å². The molecule has 0 radical (unpaired) electrons. The fourth-order valence-corrected chi connectivity index (χ4v) is 8.64.